The second-order valence-corrected chi connectivity index (χ2v) is 7.47. The number of ether oxygens (including phenoxy) is 1. The summed E-state index contributed by atoms with van der Waals surface area (Å²) in [4.78, 5) is 19.1. The second kappa shape index (κ2) is 7.32. The summed E-state index contributed by atoms with van der Waals surface area (Å²) in [5, 5.41) is 4.63. The minimum atomic E-state index is 0.423. The summed E-state index contributed by atoms with van der Waals surface area (Å²) in [5.41, 5.74) is 2.96. The zero-order valence-corrected chi connectivity index (χ0v) is 16.0. The van der Waals surface area contributed by atoms with Gasteiger partial charge in [-0.1, -0.05) is 0 Å². The van der Waals surface area contributed by atoms with Gasteiger partial charge in [-0.2, -0.15) is 9.97 Å². The molecule has 0 unspecified atom stereocenters. The van der Waals surface area contributed by atoms with Crippen LogP contribution in [0.2, 0.25) is 0 Å². The van der Waals surface area contributed by atoms with E-state index in [2.05, 4.69) is 35.2 Å². The van der Waals surface area contributed by atoms with Crippen LogP contribution in [0, 0.1) is 13.8 Å². The topological polar surface area (TPSA) is 66.4 Å². The van der Waals surface area contributed by atoms with Gasteiger partial charge in [0.2, 0.25) is 5.95 Å². The molecule has 4 rings (SSSR count). The molecule has 2 aromatic heterocycles. The SMILES string of the molecule is Cc1cc(C)c2c(N3CCOCC3)nc(NC3CCN(C)CC3)nc2n1. The Hall–Kier alpha value is -1.99. The van der Waals surface area contributed by atoms with Crippen LogP contribution in [0.4, 0.5) is 11.8 Å². The Balaban J connectivity index is 1.71. The van der Waals surface area contributed by atoms with Gasteiger partial charge < -0.3 is 19.9 Å². The molecule has 0 atom stereocenters. The van der Waals surface area contributed by atoms with Gasteiger partial charge >= 0.3 is 0 Å². The molecule has 0 radical (unpaired) electrons. The van der Waals surface area contributed by atoms with Crippen LogP contribution in [0.15, 0.2) is 6.07 Å². The van der Waals surface area contributed by atoms with Gasteiger partial charge in [0, 0.05) is 24.8 Å². The van der Waals surface area contributed by atoms with Gasteiger partial charge in [0.1, 0.15) is 5.82 Å². The van der Waals surface area contributed by atoms with Gasteiger partial charge in [0.05, 0.1) is 18.6 Å². The van der Waals surface area contributed by atoms with Gasteiger partial charge in [-0.15, -0.1) is 0 Å². The maximum atomic E-state index is 5.52. The number of piperidine rings is 1. The summed E-state index contributed by atoms with van der Waals surface area (Å²) in [6.07, 6.45) is 2.23. The molecule has 2 aromatic rings. The number of morpholine rings is 1. The highest BCUT2D eigenvalue weighted by Gasteiger charge is 2.22. The van der Waals surface area contributed by atoms with Gasteiger partial charge in [-0.3, -0.25) is 0 Å². The third-order valence-electron chi connectivity index (χ3n) is 5.34. The van der Waals surface area contributed by atoms with Gasteiger partial charge in [0.25, 0.3) is 0 Å². The highest BCUT2D eigenvalue weighted by Crippen LogP contribution is 2.29. The molecule has 4 heterocycles. The van der Waals surface area contributed by atoms with Crippen molar-refractivity contribution in [1.29, 1.82) is 0 Å². The Bertz CT molecular complexity index is 781. The summed E-state index contributed by atoms with van der Waals surface area (Å²) in [6.45, 7) is 9.54. The van der Waals surface area contributed by atoms with Gasteiger partial charge in [-0.05, 0) is 58.5 Å². The standard InChI is InChI=1S/C19H28N6O/c1-13-12-14(2)20-17-16(13)18(25-8-10-26-11-9-25)23-19(22-17)21-15-4-6-24(3)7-5-15/h12,15H,4-11H2,1-3H3,(H,20,21,22,23). The Morgan fingerprint density at radius 2 is 1.77 bits per heavy atom. The van der Waals surface area contributed by atoms with Crippen molar-refractivity contribution in [3.63, 3.8) is 0 Å². The molecule has 2 aliphatic rings. The quantitative estimate of drug-likeness (QED) is 0.902. The lowest BCUT2D eigenvalue weighted by Crippen LogP contribution is -2.38. The van der Waals surface area contributed by atoms with Crippen LogP contribution in [0.1, 0.15) is 24.1 Å². The van der Waals surface area contributed by atoms with Crippen molar-refractivity contribution in [2.75, 3.05) is 56.7 Å². The first kappa shape index (κ1) is 17.4. The number of nitrogens with one attached hydrogen (secondary N) is 1. The minimum absolute atomic E-state index is 0.423. The summed E-state index contributed by atoms with van der Waals surface area (Å²) in [7, 11) is 2.18. The van der Waals surface area contributed by atoms with Crippen molar-refractivity contribution in [2.24, 2.45) is 0 Å². The zero-order valence-electron chi connectivity index (χ0n) is 16.0. The van der Waals surface area contributed by atoms with E-state index in [1.165, 1.54) is 5.56 Å². The zero-order chi connectivity index (χ0) is 18.1. The molecule has 2 aliphatic heterocycles. The largest absolute Gasteiger partial charge is 0.378 e. The van der Waals surface area contributed by atoms with E-state index in [1.54, 1.807) is 0 Å². The highest BCUT2D eigenvalue weighted by atomic mass is 16.5. The van der Waals surface area contributed by atoms with E-state index in [9.17, 15) is 0 Å². The summed E-state index contributed by atoms with van der Waals surface area (Å²) < 4.78 is 5.52. The predicted octanol–water partition coefficient (Wildman–Crippen LogP) is 1.98. The second-order valence-electron chi connectivity index (χ2n) is 7.47. The van der Waals surface area contributed by atoms with Crippen LogP contribution in [0.3, 0.4) is 0 Å². The third-order valence-corrected chi connectivity index (χ3v) is 5.34. The number of pyridine rings is 1. The van der Waals surface area contributed by atoms with Crippen LogP contribution in [0.5, 0.6) is 0 Å². The van der Waals surface area contributed by atoms with E-state index >= 15 is 0 Å². The molecular weight excluding hydrogens is 328 g/mol. The van der Waals surface area contributed by atoms with Crippen molar-refractivity contribution in [1.82, 2.24) is 19.9 Å². The molecule has 7 nitrogen and oxygen atoms in total. The Morgan fingerprint density at radius 3 is 2.50 bits per heavy atom. The number of hydrogen-bond donors (Lipinski definition) is 1. The predicted molar refractivity (Wildman–Crippen MR) is 104 cm³/mol. The van der Waals surface area contributed by atoms with Crippen molar-refractivity contribution in [3.05, 3.63) is 17.3 Å². The maximum Gasteiger partial charge on any atom is 0.226 e. The average molecular weight is 356 g/mol. The van der Waals surface area contributed by atoms with E-state index in [-0.39, 0.29) is 0 Å². The molecule has 0 amide bonds. The highest BCUT2D eigenvalue weighted by molar-refractivity contribution is 5.91. The van der Waals surface area contributed by atoms with E-state index < -0.39 is 0 Å². The number of aryl methyl sites for hydroxylation is 2. The summed E-state index contributed by atoms with van der Waals surface area (Å²) in [6, 6.07) is 2.53. The first-order valence-electron chi connectivity index (χ1n) is 9.54. The number of hydrogen-bond acceptors (Lipinski definition) is 7. The molecule has 2 fully saturated rings. The molecule has 0 saturated carbocycles. The van der Waals surface area contributed by atoms with Gasteiger partial charge in [-0.25, -0.2) is 4.98 Å². The summed E-state index contributed by atoms with van der Waals surface area (Å²) in [5.74, 6) is 1.68. The lowest BCUT2D eigenvalue weighted by Gasteiger charge is -2.31. The van der Waals surface area contributed by atoms with Gasteiger partial charge in [0.15, 0.2) is 5.65 Å². The fourth-order valence-corrected chi connectivity index (χ4v) is 3.86. The first-order valence-corrected chi connectivity index (χ1v) is 9.54. The molecule has 0 aromatic carbocycles. The van der Waals surface area contributed by atoms with Crippen LogP contribution < -0.4 is 10.2 Å². The fourth-order valence-electron chi connectivity index (χ4n) is 3.86. The lowest BCUT2D eigenvalue weighted by molar-refractivity contribution is 0.122. The van der Waals surface area contributed by atoms with Crippen molar-refractivity contribution < 1.29 is 4.74 Å². The normalized spacial score (nSPS) is 19.9. The summed E-state index contributed by atoms with van der Waals surface area (Å²) >= 11 is 0. The van der Waals surface area contributed by atoms with E-state index in [1.807, 2.05) is 6.92 Å². The maximum absolute atomic E-state index is 5.52. The smallest absolute Gasteiger partial charge is 0.226 e. The number of nitrogens with zero attached hydrogens (tertiary/aromatic N) is 5. The molecular formula is C19H28N6O. The molecule has 0 spiro atoms. The van der Waals surface area contributed by atoms with E-state index in [0.29, 0.717) is 12.0 Å². The van der Waals surface area contributed by atoms with Crippen molar-refractivity contribution in [2.45, 2.75) is 32.7 Å². The lowest BCUT2D eigenvalue weighted by atomic mass is 10.1. The molecule has 140 valence electrons. The Morgan fingerprint density at radius 1 is 1.04 bits per heavy atom. The molecule has 1 N–H and O–H groups in total. The fraction of sp³-hybridized carbons (Fsp3) is 0.632. The Kier molecular flexibility index (Phi) is 4.91. The molecule has 7 heteroatoms. The average Bonchev–Trinajstić information content (AvgIpc) is 2.63. The van der Waals surface area contributed by atoms with Crippen molar-refractivity contribution in [3.8, 4) is 0 Å². The number of rotatable bonds is 3. The van der Waals surface area contributed by atoms with E-state index in [0.717, 1.165) is 74.8 Å². The number of likely N-dealkylation sites (tertiary alicyclic amines) is 1. The van der Waals surface area contributed by atoms with Crippen molar-refractivity contribution >= 4 is 22.8 Å². The minimum Gasteiger partial charge on any atom is -0.378 e. The van der Waals surface area contributed by atoms with Crippen LogP contribution in [-0.4, -0.2) is 72.3 Å². The Labute approximate surface area is 154 Å². The number of anilines is 2. The van der Waals surface area contributed by atoms with E-state index in [4.69, 9.17) is 19.7 Å². The molecule has 0 aliphatic carbocycles. The first-order chi connectivity index (χ1) is 12.6. The molecule has 2 saturated heterocycles. The number of aromatic nitrogens is 3. The number of fused-ring (bicyclic) bond motifs is 1. The monoisotopic (exact) mass is 356 g/mol. The van der Waals surface area contributed by atoms with Crippen LogP contribution in [-0.2, 0) is 4.74 Å². The van der Waals surface area contributed by atoms with Crippen LogP contribution in [0.25, 0.3) is 11.0 Å². The molecule has 0 bridgehead atoms. The third kappa shape index (κ3) is 3.59. The van der Waals surface area contributed by atoms with Crippen LogP contribution >= 0.6 is 0 Å². The molecule has 26 heavy (non-hydrogen) atoms.